The van der Waals surface area contributed by atoms with E-state index in [1.165, 1.54) is 6.92 Å². The van der Waals surface area contributed by atoms with Crippen LogP contribution in [0.3, 0.4) is 0 Å². The maximum atomic E-state index is 12.3. The zero-order valence-corrected chi connectivity index (χ0v) is 8.22. The topological polar surface area (TPSA) is 52.9 Å². The Balaban J connectivity index is 3.18. The fourth-order valence-corrected chi connectivity index (χ4v) is 1.11. The Hall–Kier alpha value is -2.03. The van der Waals surface area contributed by atoms with Crippen molar-refractivity contribution in [3.63, 3.8) is 0 Å². The van der Waals surface area contributed by atoms with Crippen LogP contribution >= 0.6 is 0 Å². The summed E-state index contributed by atoms with van der Waals surface area (Å²) in [5, 5.41) is 10.9. The van der Waals surface area contributed by atoms with Crippen LogP contribution in [-0.4, -0.2) is 5.91 Å². The van der Waals surface area contributed by atoms with Crippen LogP contribution < -0.4 is 5.32 Å². The van der Waals surface area contributed by atoms with Crippen LogP contribution in [0.4, 0.5) is 18.9 Å². The molecule has 1 rings (SSSR count). The van der Waals surface area contributed by atoms with Crippen molar-refractivity contribution < 1.29 is 18.0 Å². The van der Waals surface area contributed by atoms with E-state index in [1.807, 2.05) is 0 Å². The molecule has 1 amide bonds. The molecule has 0 atom stereocenters. The number of hydrogen-bond acceptors (Lipinski definition) is 2. The molecular formula is C10H7F3N2O. The van der Waals surface area contributed by atoms with Crippen molar-refractivity contribution >= 4 is 11.6 Å². The van der Waals surface area contributed by atoms with Gasteiger partial charge in [-0.3, -0.25) is 4.79 Å². The number of halogens is 3. The molecule has 84 valence electrons. The molecule has 0 saturated carbocycles. The molecule has 0 bridgehead atoms. The van der Waals surface area contributed by atoms with Gasteiger partial charge in [0.25, 0.3) is 0 Å². The van der Waals surface area contributed by atoms with Gasteiger partial charge in [0.1, 0.15) is 6.07 Å². The van der Waals surface area contributed by atoms with Gasteiger partial charge in [0.2, 0.25) is 5.91 Å². The summed E-state index contributed by atoms with van der Waals surface area (Å²) in [4.78, 5) is 10.7. The van der Waals surface area contributed by atoms with Gasteiger partial charge in [0.05, 0.1) is 16.8 Å². The standard InChI is InChI=1S/C10H7F3N2O/c1-6(16)15-9-3-2-8(10(11,12)13)4-7(9)5-14/h2-4H,1H3,(H,15,16). The van der Waals surface area contributed by atoms with Crippen LogP contribution in [0.2, 0.25) is 0 Å². The monoisotopic (exact) mass is 228 g/mol. The molecule has 1 N–H and O–H groups in total. The predicted molar refractivity (Wildman–Crippen MR) is 50.5 cm³/mol. The summed E-state index contributed by atoms with van der Waals surface area (Å²) in [6.07, 6.45) is -4.50. The van der Waals surface area contributed by atoms with Gasteiger partial charge in [-0.15, -0.1) is 0 Å². The van der Waals surface area contributed by atoms with Crippen LogP contribution in [0.15, 0.2) is 18.2 Å². The first kappa shape index (κ1) is 12.0. The van der Waals surface area contributed by atoms with Gasteiger partial charge < -0.3 is 5.32 Å². The maximum Gasteiger partial charge on any atom is 0.416 e. The van der Waals surface area contributed by atoms with E-state index in [9.17, 15) is 18.0 Å². The molecule has 0 heterocycles. The van der Waals surface area contributed by atoms with E-state index in [0.717, 1.165) is 12.1 Å². The van der Waals surface area contributed by atoms with Gasteiger partial charge in [-0.25, -0.2) is 0 Å². The minimum Gasteiger partial charge on any atom is -0.325 e. The second-order valence-electron chi connectivity index (χ2n) is 3.05. The smallest absolute Gasteiger partial charge is 0.325 e. The zero-order valence-electron chi connectivity index (χ0n) is 8.22. The summed E-state index contributed by atoms with van der Waals surface area (Å²) in [6, 6.07) is 4.17. The number of carbonyl (C=O) groups excluding carboxylic acids is 1. The van der Waals surface area contributed by atoms with Gasteiger partial charge in [-0.2, -0.15) is 18.4 Å². The molecule has 0 aliphatic rings. The molecule has 1 aromatic rings. The summed E-state index contributed by atoms with van der Waals surface area (Å²) in [7, 11) is 0. The number of rotatable bonds is 1. The highest BCUT2D eigenvalue weighted by atomic mass is 19.4. The number of alkyl halides is 3. The molecule has 16 heavy (non-hydrogen) atoms. The molecule has 0 spiro atoms. The first-order valence-corrected chi connectivity index (χ1v) is 4.23. The summed E-state index contributed by atoms with van der Waals surface area (Å²) in [6.45, 7) is 1.21. The van der Waals surface area contributed by atoms with E-state index in [4.69, 9.17) is 5.26 Å². The maximum absolute atomic E-state index is 12.3. The highest BCUT2D eigenvalue weighted by Gasteiger charge is 2.31. The third-order valence-electron chi connectivity index (χ3n) is 1.78. The van der Waals surface area contributed by atoms with E-state index < -0.39 is 17.6 Å². The molecule has 1 aromatic carbocycles. The van der Waals surface area contributed by atoms with Crippen LogP contribution in [0, 0.1) is 11.3 Å². The second-order valence-corrected chi connectivity index (χ2v) is 3.05. The van der Waals surface area contributed by atoms with E-state index in [-0.39, 0.29) is 11.3 Å². The Labute approximate surface area is 89.5 Å². The summed E-state index contributed by atoms with van der Waals surface area (Å²) in [5.74, 6) is -0.448. The van der Waals surface area contributed by atoms with Crippen LogP contribution in [0.25, 0.3) is 0 Å². The number of benzene rings is 1. The molecule has 0 aromatic heterocycles. The highest BCUT2D eigenvalue weighted by molar-refractivity contribution is 5.90. The molecule has 0 aliphatic carbocycles. The second kappa shape index (κ2) is 4.23. The first-order chi connectivity index (χ1) is 7.34. The van der Waals surface area contributed by atoms with Gasteiger partial charge in [0.15, 0.2) is 0 Å². The minimum atomic E-state index is -4.50. The van der Waals surface area contributed by atoms with E-state index in [1.54, 1.807) is 6.07 Å². The van der Waals surface area contributed by atoms with Crippen molar-refractivity contribution in [2.24, 2.45) is 0 Å². The molecule has 0 radical (unpaired) electrons. The molecule has 3 nitrogen and oxygen atoms in total. The number of carbonyl (C=O) groups is 1. The average Bonchev–Trinajstić information content (AvgIpc) is 2.15. The highest BCUT2D eigenvalue weighted by Crippen LogP contribution is 2.31. The Morgan fingerprint density at radius 3 is 2.50 bits per heavy atom. The van der Waals surface area contributed by atoms with Gasteiger partial charge in [-0.1, -0.05) is 0 Å². The quantitative estimate of drug-likeness (QED) is 0.802. The first-order valence-electron chi connectivity index (χ1n) is 4.23. The summed E-state index contributed by atoms with van der Waals surface area (Å²) < 4.78 is 36.9. The van der Waals surface area contributed by atoms with Gasteiger partial charge in [-0.05, 0) is 18.2 Å². The summed E-state index contributed by atoms with van der Waals surface area (Å²) in [5.41, 5.74) is -1.06. The van der Waals surface area contributed by atoms with Crippen LogP contribution in [-0.2, 0) is 11.0 Å². The fourth-order valence-electron chi connectivity index (χ4n) is 1.11. The number of nitrogens with one attached hydrogen (secondary N) is 1. The lowest BCUT2D eigenvalue weighted by atomic mass is 10.1. The Kier molecular flexibility index (Phi) is 3.18. The van der Waals surface area contributed by atoms with Gasteiger partial charge >= 0.3 is 6.18 Å². The lowest BCUT2D eigenvalue weighted by Gasteiger charge is -2.09. The molecule has 0 fully saturated rings. The van der Waals surface area contributed by atoms with E-state index >= 15 is 0 Å². The zero-order chi connectivity index (χ0) is 12.3. The lowest BCUT2D eigenvalue weighted by Crippen LogP contribution is -2.10. The largest absolute Gasteiger partial charge is 0.416 e. The lowest BCUT2D eigenvalue weighted by molar-refractivity contribution is -0.137. The summed E-state index contributed by atoms with van der Waals surface area (Å²) >= 11 is 0. The van der Waals surface area contributed by atoms with Crippen molar-refractivity contribution in [1.82, 2.24) is 0 Å². The molecular weight excluding hydrogens is 221 g/mol. The number of hydrogen-bond donors (Lipinski definition) is 1. The number of nitrogens with zero attached hydrogens (tertiary/aromatic N) is 1. The SMILES string of the molecule is CC(=O)Nc1ccc(C(F)(F)F)cc1C#N. The normalized spacial score (nSPS) is 10.7. The average molecular weight is 228 g/mol. The minimum absolute atomic E-state index is 0.0722. The Bertz CT molecular complexity index is 460. The molecule has 6 heteroatoms. The van der Waals surface area contributed by atoms with Crippen molar-refractivity contribution in [1.29, 1.82) is 5.26 Å². The number of amides is 1. The molecule has 0 aliphatic heterocycles. The van der Waals surface area contributed by atoms with Crippen molar-refractivity contribution in [3.05, 3.63) is 29.3 Å². The molecule has 0 saturated heterocycles. The molecule has 0 unspecified atom stereocenters. The van der Waals surface area contributed by atoms with Crippen LogP contribution in [0.1, 0.15) is 18.1 Å². The van der Waals surface area contributed by atoms with Crippen molar-refractivity contribution in [3.8, 4) is 6.07 Å². The van der Waals surface area contributed by atoms with E-state index in [0.29, 0.717) is 6.07 Å². The van der Waals surface area contributed by atoms with E-state index in [2.05, 4.69) is 5.32 Å². The van der Waals surface area contributed by atoms with Gasteiger partial charge in [0, 0.05) is 6.92 Å². The third-order valence-corrected chi connectivity index (χ3v) is 1.78. The Morgan fingerprint density at radius 1 is 1.44 bits per heavy atom. The van der Waals surface area contributed by atoms with Crippen LogP contribution in [0.5, 0.6) is 0 Å². The third kappa shape index (κ3) is 2.73. The Morgan fingerprint density at radius 2 is 2.06 bits per heavy atom. The van der Waals surface area contributed by atoms with Crippen molar-refractivity contribution in [2.45, 2.75) is 13.1 Å². The number of nitriles is 1. The fraction of sp³-hybridized carbons (Fsp3) is 0.200. The predicted octanol–water partition coefficient (Wildman–Crippen LogP) is 2.54. The van der Waals surface area contributed by atoms with Crippen molar-refractivity contribution in [2.75, 3.05) is 5.32 Å². The number of anilines is 1.